The Labute approximate surface area is 145 Å². The number of amides is 1. The Kier molecular flexibility index (Phi) is 7.18. The van der Waals surface area contributed by atoms with Crippen molar-refractivity contribution in [2.45, 2.75) is 51.1 Å². The van der Waals surface area contributed by atoms with Gasteiger partial charge in [0.25, 0.3) is 0 Å². The normalized spacial score (nSPS) is 19.0. The molecule has 0 atom stereocenters. The molecule has 0 unspecified atom stereocenters. The van der Waals surface area contributed by atoms with E-state index in [-0.39, 0.29) is 18.3 Å². The Bertz CT molecular complexity index is 501. The van der Waals surface area contributed by atoms with Crippen LogP contribution in [-0.4, -0.2) is 31.6 Å². The van der Waals surface area contributed by atoms with Crippen LogP contribution in [0.15, 0.2) is 24.3 Å². The van der Waals surface area contributed by atoms with Gasteiger partial charge in [-0.1, -0.05) is 43.9 Å². The Morgan fingerprint density at radius 2 is 1.91 bits per heavy atom. The minimum Gasteiger partial charge on any atom is -0.361 e. The van der Waals surface area contributed by atoms with Gasteiger partial charge in [-0.15, -0.1) is 12.4 Å². The molecule has 1 aromatic rings. The van der Waals surface area contributed by atoms with E-state index < -0.39 is 0 Å². The first kappa shape index (κ1) is 18.1. The molecule has 1 amide bonds. The van der Waals surface area contributed by atoms with E-state index >= 15 is 0 Å². The molecule has 1 heterocycles. The molecule has 4 nitrogen and oxygen atoms in total. The van der Waals surface area contributed by atoms with Crippen molar-refractivity contribution in [3.05, 3.63) is 29.8 Å². The molecule has 0 saturated heterocycles. The summed E-state index contributed by atoms with van der Waals surface area (Å²) < 4.78 is 0. The first-order chi connectivity index (χ1) is 10.8. The van der Waals surface area contributed by atoms with Gasteiger partial charge in [0.1, 0.15) is 0 Å². The zero-order chi connectivity index (χ0) is 15.2. The van der Waals surface area contributed by atoms with E-state index in [4.69, 9.17) is 0 Å². The maximum absolute atomic E-state index is 12.4. The van der Waals surface area contributed by atoms with Gasteiger partial charge in [-0.05, 0) is 24.5 Å². The summed E-state index contributed by atoms with van der Waals surface area (Å²) in [4.78, 5) is 14.7. The van der Waals surface area contributed by atoms with Gasteiger partial charge in [-0.2, -0.15) is 0 Å². The van der Waals surface area contributed by atoms with Gasteiger partial charge in [-0.25, -0.2) is 0 Å². The maximum atomic E-state index is 12.4. The lowest BCUT2D eigenvalue weighted by molar-refractivity contribution is -0.120. The van der Waals surface area contributed by atoms with Gasteiger partial charge in [0.2, 0.25) is 5.91 Å². The van der Waals surface area contributed by atoms with Gasteiger partial charge in [0.05, 0.1) is 6.54 Å². The van der Waals surface area contributed by atoms with Crippen LogP contribution >= 0.6 is 12.4 Å². The van der Waals surface area contributed by atoms with Crippen LogP contribution in [0.25, 0.3) is 0 Å². The van der Waals surface area contributed by atoms with Crippen molar-refractivity contribution >= 4 is 24.0 Å². The number of nitrogens with zero attached hydrogens (tertiary/aromatic N) is 1. The fourth-order valence-corrected chi connectivity index (χ4v) is 3.56. The molecule has 128 valence electrons. The van der Waals surface area contributed by atoms with Crippen LogP contribution in [0.1, 0.15) is 44.1 Å². The monoisotopic (exact) mass is 337 g/mol. The highest BCUT2D eigenvalue weighted by Gasteiger charge is 2.19. The molecule has 0 aromatic heterocycles. The van der Waals surface area contributed by atoms with Crippen molar-refractivity contribution in [2.75, 3.05) is 24.5 Å². The molecule has 0 radical (unpaired) electrons. The summed E-state index contributed by atoms with van der Waals surface area (Å²) in [7, 11) is 0. The second-order valence-electron chi connectivity index (χ2n) is 6.48. The number of hydrogen-bond acceptors (Lipinski definition) is 3. The third-order valence-electron chi connectivity index (χ3n) is 4.76. The zero-order valence-electron chi connectivity index (χ0n) is 13.7. The predicted molar refractivity (Wildman–Crippen MR) is 97.2 cm³/mol. The topological polar surface area (TPSA) is 44.4 Å². The summed E-state index contributed by atoms with van der Waals surface area (Å²) in [6.45, 7) is 3.16. The Morgan fingerprint density at radius 3 is 2.70 bits per heavy atom. The molecule has 1 aliphatic carbocycles. The number of rotatable bonds is 3. The van der Waals surface area contributed by atoms with Crippen molar-refractivity contribution in [1.29, 1.82) is 0 Å². The summed E-state index contributed by atoms with van der Waals surface area (Å²) in [6, 6.07) is 8.77. The fourth-order valence-electron chi connectivity index (χ4n) is 3.56. The van der Waals surface area contributed by atoms with Crippen molar-refractivity contribution in [3.63, 3.8) is 0 Å². The average Bonchev–Trinajstić information content (AvgIpc) is 2.89. The molecule has 2 N–H and O–H groups in total. The summed E-state index contributed by atoms with van der Waals surface area (Å²) in [5.74, 6) is 0.170. The minimum absolute atomic E-state index is 0. The van der Waals surface area contributed by atoms with Crippen LogP contribution in [0.2, 0.25) is 0 Å². The summed E-state index contributed by atoms with van der Waals surface area (Å²) in [6.07, 6.45) is 7.42. The second kappa shape index (κ2) is 9.14. The fraction of sp³-hybridized carbons (Fsp3) is 0.611. The van der Waals surface area contributed by atoms with E-state index in [0.29, 0.717) is 12.6 Å². The molecular weight excluding hydrogens is 310 g/mol. The van der Waals surface area contributed by atoms with Crippen LogP contribution in [0, 0.1) is 0 Å². The molecule has 23 heavy (non-hydrogen) atoms. The van der Waals surface area contributed by atoms with E-state index in [1.165, 1.54) is 36.9 Å². The van der Waals surface area contributed by atoms with Crippen LogP contribution in [0.5, 0.6) is 0 Å². The summed E-state index contributed by atoms with van der Waals surface area (Å²) in [5.41, 5.74) is 2.48. The molecule has 1 aliphatic heterocycles. The molecule has 1 aromatic carbocycles. The Hall–Kier alpha value is -1.26. The number of benzene rings is 1. The van der Waals surface area contributed by atoms with E-state index in [0.717, 1.165) is 32.5 Å². The van der Waals surface area contributed by atoms with Gasteiger partial charge in [-0.3, -0.25) is 4.79 Å². The van der Waals surface area contributed by atoms with Gasteiger partial charge < -0.3 is 15.5 Å². The van der Waals surface area contributed by atoms with Crippen LogP contribution in [0.4, 0.5) is 5.69 Å². The van der Waals surface area contributed by atoms with Crippen LogP contribution < -0.4 is 15.5 Å². The van der Waals surface area contributed by atoms with Crippen LogP contribution in [-0.2, 0) is 11.3 Å². The van der Waals surface area contributed by atoms with Gasteiger partial charge in [0.15, 0.2) is 0 Å². The molecule has 1 fully saturated rings. The number of nitrogens with one attached hydrogen (secondary N) is 2. The number of halogens is 1. The van der Waals surface area contributed by atoms with Crippen molar-refractivity contribution in [1.82, 2.24) is 10.6 Å². The first-order valence-electron chi connectivity index (χ1n) is 8.66. The highest BCUT2D eigenvalue weighted by molar-refractivity contribution is 5.85. The number of anilines is 1. The lowest BCUT2D eigenvalue weighted by atomic mass is 10.1. The van der Waals surface area contributed by atoms with E-state index in [9.17, 15) is 4.79 Å². The molecule has 2 aliphatic rings. The van der Waals surface area contributed by atoms with E-state index in [1.807, 2.05) is 0 Å². The summed E-state index contributed by atoms with van der Waals surface area (Å²) in [5, 5.41) is 6.68. The second-order valence-corrected chi connectivity index (χ2v) is 6.48. The van der Waals surface area contributed by atoms with Gasteiger partial charge >= 0.3 is 0 Å². The smallest absolute Gasteiger partial charge is 0.239 e. The third kappa shape index (κ3) is 5.11. The van der Waals surface area contributed by atoms with Crippen molar-refractivity contribution in [3.8, 4) is 0 Å². The van der Waals surface area contributed by atoms with Crippen molar-refractivity contribution in [2.24, 2.45) is 0 Å². The number of fused-ring (bicyclic) bond motifs is 1. The lowest BCUT2D eigenvalue weighted by Crippen LogP contribution is -2.43. The quantitative estimate of drug-likeness (QED) is 0.834. The largest absolute Gasteiger partial charge is 0.361 e. The average molecular weight is 338 g/mol. The van der Waals surface area contributed by atoms with E-state index in [2.05, 4.69) is 39.8 Å². The molecule has 0 spiro atoms. The molecule has 3 rings (SSSR count). The lowest BCUT2D eigenvalue weighted by Gasteiger charge is -2.25. The standard InChI is InChI=1S/C18H27N3O.ClH/c22-18(20-16-8-3-1-2-4-9-16)14-21-12-11-19-13-15-7-5-6-10-17(15)21;/h5-7,10,16,19H,1-4,8-9,11-14H2,(H,20,22);1H. The van der Waals surface area contributed by atoms with Crippen LogP contribution in [0.3, 0.4) is 0 Å². The number of para-hydroxylation sites is 1. The Balaban J connectivity index is 0.00000192. The SMILES string of the molecule is Cl.O=C(CN1CCNCc2ccccc21)NC1CCCCCC1. The highest BCUT2D eigenvalue weighted by atomic mass is 35.5. The Morgan fingerprint density at radius 1 is 1.17 bits per heavy atom. The maximum Gasteiger partial charge on any atom is 0.239 e. The van der Waals surface area contributed by atoms with Gasteiger partial charge in [0, 0.05) is 31.4 Å². The predicted octanol–water partition coefficient (Wildman–Crippen LogP) is 2.86. The van der Waals surface area contributed by atoms with Crippen molar-refractivity contribution < 1.29 is 4.79 Å². The molecule has 0 bridgehead atoms. The molecular formula is C18H28ClN3O. The minimum atomic E-state index is 0. The third-order valence-corrected chi connectivity index (χ3v) is 4.76. The molecule has 5 heteroatoms. The zero-order valence-corrected chi connectivity index (χ0v) is 14.5. The molecule has 1 saturated carbocycles. The number of carbonyl (C=O) groups excluding carboxylic acids is 1. The summed E-state index contributed by atoms with van der Waals surface area (Å²) >= 11 is 0. The highest BCUT2D eigenvalue weighted by Crippen LogP contribution is 2.22. The first-order valence-corrected chi connectivity index (χ1v) is 8.66. The van der Waals surface area contributed by atoms with E-state index in [1.54, 1.807) is 0 Å². The number of carbonyl (C=O) groups is 1. The number of hydrogen-bond donors (Lipinski definition) is 2.